The molecule has 1 nitrogen and oxygen atoms in total. The lowest BCUT2D eigenvalue weighted by Gasteiger charge is -2.03. The van der Waals surface area contributed by atoms with Gasteiger partial charge in [0, 0.05) is 36.4 Å². The maximum absolute atomic E-state index is 6.20. The second kappa shape index (κ2) is 5.41. The molecule has 5 heteroatoms. The fourth-order valence-electron chi connectivity index (χ4n) is 1.83. The number of fused-ring (bicyclic) bond motifs is 1. The summed E-state index contributed by atoms with van der Waals surface area (Å²) in [7, 11) is 0. The highest BCUT2D eigenvalue weighted by molar-refractivity contribution is 9.10. The molecule has 0 aliphatic rings. The largest absolute Gasteiger partial charge is 0.360 e. The Morgan fingerprint density at radius 1 is 1.00 bits per heavy atom. The van der Waals surface area contributed by atoms with E-state index in [2.05, 4.69) is 27.0 Å². The maximum Gasteiger partial charge on any atom is 0.0560 e. The Morgan fingerprint density at radius 3 is 2.63 bits per heavy atom. The van der Waals surface area contributed by atoms with E-state index in [9.17, 15) is 0 Å². The average molecular weight is 373 g/mol. The van der Waals surface area contributed by atoms with Crippen molar-refractivity contribution in [1.29, 1.82) is 0 Å². The van der Waals surface area contributed by atoms with Crippen molar-refractivity contribution in [3.63, 3.8) is 0 Å². The van der Waals surface area contributed by atoms with Crippen molar-refractivity contribution in [2.75, 3.05) is 0 Å². The second-order valence-electron chi connectivity index (χ2n) is 4.02. The molecule has 0 fully saturated rings. The van der Waals surface area contributed by atoms with Gasteiger partial charge in [-0.1, -0.05) is 50.9 Å². The molecule has 0 saturated carbocycles. The Balaban J connectivity index is 2.03. The first-order valence-corrected chi connectivity index (χ1v) is 7.89. The van der Waals surface area contributed by atoms with Crippen LogP contribution >= 0.6 is 50.9 Å². The quantitative estimate of drug-likeness (QED) is 0.551. The van der Waals surface area contributed by atoms with E-state index in [0.29, 0.717) is 10.0 Å². The molecule has 0 atom stereocenters. The van der Waals surface area contributed by atoms with Gasteiger partial charge in [0.25, 0.3) is 0 Å². The van der Waals surface area contributed by atoms with E-state index in [0.717, 1.165) is 19.8 Å². The molecule has 3 rings (SSSR count). The van der Waals surface area contributed by atoms with Crippen LogP contribution in [0.25, 0.3) is 10.9 Å². The van der Waals surface area contributed by atoms with Gasteiger partial charge in [0.1, 0.15) is 0 Å². The highest BCUT2D eigenvalue weighted by atomic mass is 79.9. The van der Waals surface area contributed by atoms with Crippen LogP contribution in [0.4, 0.5) is 0 Å². The van der Waals surface area contributed by atoms with E-state index >= 15 is 0 Å². The van der Waals surface area contributed by atoms with Gasteiger partial charge in [-0.05, 0) is 36.4 Å². The van der Waals surface area contributed by atoms with Crippen molar-refractivity contribution in [1.82, 2.24) is 4.98 Å². The number of aromatic amines is 1. The number of nitrogens with one attached hydrogen (secondary N) is 1. The van der Waals surface area contributed by atoms with Crippen LogP contribution in [0.3, 0.4) is 0 Å². The maximum atomic E-state index is 6.20. The summed E-state index contributed by atoms with van der Waals surface area (Å²) in [5.41, 5.74) is 1.11. The Kier molecular flexibility index (Phi) is 3.81. The van der Waals surface area contributed by atoms with Gasteiger partial charge in [-0.2, -0.15) is 0 Å². The molecular formula is C14H8BrCl2NS. The smallest absolute Gasteiger partial charge is 0.0560 e. The molecule has 1 aromatic heterocycles. The van der Waals surface area contributed by atoms with Crippen LogP contribution in [0.1, 0.15) is 0 Å². The molecule has 0 bridgehead atoms. The van der Waals surface area contributed by atoms with Gasteiger partial charge in [-0.25, -0.2) is 0 Å². The molecule has 0 aliphatic carbocycles. The first kappa shape index (κ1) is 13.4. The lowest BCUT2D eigenvalue weighted by molar-refractivity contribution is 1.39. The minimum Gasteiger partial charge on any atom is -0.360 e. The minimum atomic E-state index is 0.649. The standard InChI is InChI=1S/C14H8BrCl2NS/c15-8-1-3-12-10(5-8)14(7-18-12)19-13-4-2-9(16)6-11(13)17/h1-7,18H. The van der Waals surface area contributed by atoms with Crippen molar-refractivity contribution < 1.29 is 0 Å². The predicted octanol–water partition coefficient (Wildman–Crippen LogP) is 6.39. The summed E-state index contributed by atoms with van der Waals surface area (Å²) in [5, 5.41) is 2.49. The van der Waals surface area contributed by atoms with E-state index in [1.54, 1.807) is 17.8 Å². The third kappa shape index (κ3) is 2.79. The van der Waals surface area contributed by atoms with Crippen LogP contribution < -0.4 is 0 Å². The lowest BCUT2D eigenvalue weighted by Crippen LogP contribution is -1.75. The van der Waals surface area contributed by atoms with Crippen LogP contribution in [-0.4, -0.2) is 4.98 Å². The first-order chi connectivity index (χ1) is 9.13. The van der Waals surface area contributed by atoms with Crippen LogP contribution in [0.5, 0.6) is 0 Å². The summed E-state index contributed by atoms with van der Waals surface area (Å²) in [6.07, 6.45) is 1.99. The Labute approximate surface area is 133 Å². The molecule has 3 aromatic rings. The molecule has 19 heavy (non-hydrogen) atoms. The summed E-state index contributed by atoms with van der Waals surface area (Å²) in [6, 6.07) is 11.7. The molecule has 1 N–H and O–H groups in total. The molecule has 0 amide bonds. The molecule has 0 saturated heterocycles. The summed E-state index contributed by atoms with van der Waals surface area (Å²) in [4.78, 5) is 5.39. The number of H-pyrrole nitrogens is 1. The lowest BCUT2D eigenvalue weighted by atomic mass is 10.2. The zero-order chi connectivity index (χ0) is 13.4. The normalized spacial score (nSPS) is 11.1. The summed E-state index contributed by atoms with van der Waals surface area (Å²) in [6.45, 7) is 0. The number of halogens is 3. The topological polar surface area (TPSA) is 15.8 Å². The van der Waals surface area contributed by atoms with E-state index in [4.69, 9.17) is 23.2 Å². The molecular weight excluding hydrogens is 365 g/mol. The van der Waals surface area contributed by atoms with E-state index in [1.807, 2.05) is 30.5 Å². The van der Waals surface area contributed by atoms with Crippen molar-refractivity contribution in [2.45, 2.75) is 9.79 Å². The first-order valence-electron chi connectivity index (χ1n) is 5.53. The number of benzene rings is 2. The number of rotatable bonds is 2. The van der Waals surface area contributed by atoms with Gasteiger partial charge in [0.15, 0.2) is 0 Å². The van der Waals surface area contributed by atoms with Gasteiger partial charge < -0.3 is 4.98 Å². The Hall–Kier alpha value is -0.610. The highest BCUT2D eigenvalue weighted by Gasteiger charge is 2.08. The van der Waals surface area contributed by atoms with E-state index in [-0.39, 0.29) is 0 Å². The van der Waals surface area contributed by atoms with Crippen LogP contribution in [-0.2, 0) is 0 Å². The third-order valence-corrected chi connectivity index (χ3v) is 5.01. The van der Waals surface area contributed by atoms with Gasteiger partial charge in [-0.15, -0.1) is 0 Å². The molecule has 0 aliphatic heterocycles. The highest BCUT2D eigenvalue weighted by Crippen LogP contribution is 2.38. The Bertz CT molecular complexity index is 754. The number of hydrogen-bond donors (Lipinski definition) is 1. The zero-order valence-electron chi connectivity index (χ0n) is 9.58. The number of aromatic nitrogens is 1. The van der Waals surface area contributed by atoms with E-state index in [1.165, 1.54) is 5.39 Å². The SMILES string of the molecule is Clc1ccc(Sc2c[nH]c3ccc(Br)cc23)c(Cl)c1. The molecule has 1 heterocycles. The molecule has 96 valence electrons. The average Bonchev–Trinajstić information content (AvgIpc) is 2.75. The molecule has 0 unspecified atom stereocenters. The Morgan fingerprint density at radius 2 is 1.84 bits per heavy atom. The van der Waals surface area contributed by atoms with Crippen LogP contribution in [0.2, 0.25) is 10.0 Å². The third-order valence-electron chi connectivity index (χ3n) is 2.72. The fourth-order valence-corrected chi connectivity index (χ4v) is 3.64. The summed E-state index contributed by atoms with van der Waals surface area (Å²) < 4.78 is 1.06. The second-order valence-corrected chi connectivity index (χ2v) is 6.86. The summed E-state index contributed by atoms with van der Waals surface area (Å²) >= 11 is 17.2. The predicted molar refractivity (Wildman–Crippen MR) is 86.6 cm³/mol. The van der Waals surface area contributed by atoms with Gasteiger partial charge >= 0.3 is 0 Å². The van der Waals surface area contributed by atoms with Crippen molar-refractivity contribution in [3.8, 4) is 0 Å². The molecule has 0 spiro atoms. The summed E-state index contributed by atoms with van der Waals surface area (Å²) in [5.74, 6) is 0. The monoisotopic (exact) mass is 371 g/mol. The van der Waals surface area contributed by atoms with Gasteiger partial charge in [0.05, 0.1) is 5.02 Å². The van der Waals surface area contributed by atoms with Crippen molar-refractivity contribution in [2.24, 2.45) is 0 Å². The molecule has 0 radical (unpaired) electrons. The molecule has 2 aromatic carbocycles. The number of hydrogen-bond acceptors (Lipinski definition) is 1. The fraction of sp³-hybridized carbons (Fsp3) is 0. The van der Waals surface area contributed by atoms with Crippen LogP contribution in [0, 0.1) is 0 Å². The van der Waals surface area contributed by atoms with Gasteiger partial charge in [-0.3, -0.25) is 0 Å². The van der Waals surface area contributed by atoms with Crippen molar-refractivity contribution >= 4 is 61.8 Å². The zero-order valence-corrected chi connectivity index (χ0v) is 13.5. The van der Waals surface area contributed by atoms with E-state index < -0.39 is 0 Å². The minimum absolute atomic E-state index is 0.649. The van der Waals surface area contributed by atoms with Gasteiger partial charge in [0.2, 0.25) is 0 Å². The van der Waals surface area contributed by atoms with Crippen LogP contribution in [0.15, 0.2) is 56.9 Å². The van der Waals surface area contributed by atoms with Crippen molar-refractivity contribution in [3.05, 3.63) is 57.1 Å².